The number of likely N-dealkylation sites (tertiary alicyclic amines) is 1. The maximum Gasteiger partial charge on any atom is 0.408 e. The summed E-state index contributed by atoms with van der Waals surface area (Å²) >= 11 is 5.96. The Morgan fingerprint density at radius 3 is 2.19 bits per heavy atom. The van der Waals surface area contributed by atoms with Crippen molar-refractivity contribution in [1.29, 1.82) is 0 Å². The predicted molar refractivity (Wildman–Crippen MR) is 108 cm³/mol. The lowest BCUT2D eigenvalue weighted by Gasteiger charge is -2.35. The molecule has 1 saturated heterocycles. The van der Waals surface area contributed by atoms with Gasteiger partial charge in [-0.25, -0.2) is 4.79 Å². The summed E-state index contributed by atoms with van der Waals surface area (Å²) in [7, 11) is 0. The Morgan fingerprint density at radius 1 is 1.15 bits per heavy atom. The second-order valence-corrected chi connectivity index (χ2v) is 8.96. The molecule has 0 unspecified atom stereocenters. The molecule has 2 amide bonds. The Hall–Kier alpha value is -1.75. The van der Waals surface area contributed by atoms with Gasteiger partial charge in [0.1, 0.15) is 11.6 Å². The fourth-order valence-electron chi connectivity index (χ4n) is 3.31. The van der Waals surface area contributed by atoms with E-state index in [9.17, 15) is 9.59 Å². The number of hydrogen-bond acceptors (Lipinski definition) is 3. The number of carbonyl (C=O) groups is 2. The Bertz CT molecular complexity index is 644. The first-order valence-corrected chi connectivity index (χ1v) is 9.98. The van der Waals surface area contributed by atoms with Gasteiger partial charge < -0.3 is 15.0 Å². The van der Waals surface area contributed by atoms with Crippen molar-refractivity contribution in [2.75, 3.05) is 13.1 Å². The predicted octanol–water partition coefficient (Wildman–Crippen LogP) is 4.60. The molecule has 0 saturated carbocycles. The molecule has 6 heteroatoms. The van der Waals surface area contributed by atoms with Gasteiger partial charge in [-0.15, -0.1) is 0 Å². The zero-order valence-corrected chi connectivity index (χ0v) is 17.7. The van der Waals surface area contributed by atoms with Crippen LogP contribution in [0.5, 0.6) is 0 Å². The summed E-state index contributed by atoms with van der Waals surface area (Å²) in [6, 6.07) is 7.37. The van der Waals surface area contributed by atoms with Crippen LogP contribution in [0.25, 0.3) is 0 Å². The number of nitrogens with zero attached hydrogens (tertiary/aromatic N) is 1. The van der Waals surface area contributed by atoms with Gasteiger partial charge in [0.05, 0.1) is 0 Å². The van der Waals surface area contributed by atoms with Gasteiger partial charge in [0.2, 0.25) is 5.91 Å². The lowest BCUT2D eigenvalue weighted by atomic mass is 9.89. The average molecular weight is 395 g/mol. The number of ether oxygens (including phenoxy) is 1. The van der Waals surface area contributed by atoms with Crippen molar-refractivity contribution >= 4 is 23.6 Å². The molecule has 2 rings (SSSR count). The summed E-state index contributed by atoms with van der Waals surface area (Å²) in [6.45, 7) is 10.7. The number of benzene rings is 1. The van der Waals surface area contributed by atoms with E-state index < -0.39 is 17.7 Å². The number of piperidine rings is 1. The summed E-state index contributed by atoms with van der Waals surface area (Å²) in [4.78, 5) is 26.9. The van der Waals surface area contributed by atoms with E-state index in [4.69, 9.17) is 16.3 Å². The van der Waals surface area contributed by atoms with E-state index in [0.717, 1.165) is 17.9 Å². The molecule has 1 aromatic rings. The number of hydrogen-bond donors (Lipinski definition) is 1. The third kappa shape index (κ3) is 6.42. The molecule has 1 heterocycles. The molecular weight excluding hydrogens is 364 g/mol. The smallest absolute Gasteiger partial charge is 0.408 e. The molecule has 0 radical (unpaired) electrons. The topological polar surface area (TPSA) is 58.6 Å². The van der Waals surface area contributed by atoms with Gasteiger partial charge in [-0.1, -0.05) is 37.6 Å². The lowest BCUT2D eigenvalue weighted by Crippen LogP contribution is -2.53. The van der Waals surface area contributed by atoms with E-state index in [1.807, 2.05) is 30.9 Å². The number of alkyl carbamates (subject to hydrolysis) is 1. The molecule has 5 nitrogen and oxygen atoms in total. The van der Waals surface area contributed by atoms with Gasteiger partial charge in [-0.2, -0.15) is 0 Å². The molecule has 150 valence electrons. The normalized spacial score (nSPS) is 16.9. The highest BCUT2D eigenvalue weighted by molar-refractivity contribution is 6.30. The van der Waals surface area contributed by atoms with Crippen molar-refractivity contribution in [3.05, 3.63) is 34.9 Å². The van der Waals surface area contributed by atoms with Crippen molar-refractivity contribution in [1.82, 2.24) is 10.2 Å². The Morgan fingerprint density at radius 2 is 1.70 bits per heavy atom. The molecule has 1 aliphatic heterocycles. The number of carbonyl (C=O) groups excluding carboxylic acids is 2. The van der Waals surface area contributed by atoms with Gasteiger partial charge in [-0.05, 0) is 63.1 Å². The van der Waals surface area contributed by atoms with E-state index in [2.05, 4.69) is 17.4 Å². The molecule has 1 atom stereocenters. The number of rotatable bonds is 4. The van der Waals surface area contributed by atoms with Crippen LogP contribution in [-0.2, 0) is 9.53 Å². The fourth-order valence-corrected chi connectivity index (χ4v) is 3.44. The van der Waals surface area contributed by atoms with Crippen LogP contribution in [0.15, 0.2) is 24.3 Å². The summed E-state index contributed by atoms with van der Waals surface area (Å²) in [5, 5.41) is 3.49. The third-order valence-electron chi connectivity index (χ3n) is 4.75. The van der Waals surface area contributed by atoms with E-state index in [0.29, 0.717) is 19.0 Å². The largest absolute Gasteiger partial charge is 0.444 e. The van der Waals surface area contributed by atoms with Crippen LogP contribution in [0.1, 0.15) is 58.9 Å². The zero-order chi connectivity index (χ0) is 20.2. The first-order chi connectivity index (χ1) is 12.6. The molecule has 1 aromatic carbocycles. The molecule has 0 bridgehead atoms. The van der Waals surface area contributed by atoms with E-state index in [1.54, 1.807) is 20.8 Å². The molecule has 1 fully saturated rings. The molecule has 1 aliphatic rings. The molecule has 1 N–H and O–H groups in total. The third-order valence-corrected chi connectivity index (χ3v) is 5.00. The standard InChI is InChI=1S/C21H31ClN2O3/c1-14(2)18(23-20(26)27-21(3,4)5)19(25)24-12-10-16(11-13-24)15-6-8-17(22)9-7-15/h6-9,14,16,18H,10-13H2,1-5H3,(H,23,26)/t18-/m1/s1. The van der Waals surface area contributed by atoms with Crippen molar-refractivity contribution in [3.8, 4) is 0 Å². The van der Waals surface area contributed by atoms with Gasteiger partial charge in [0, 0.05) is 18.1 Å². The second kappa shape index (κ2) is 8.96. The summed E-state index contributed by atoms with van der Waals surface area (Å²) in [5.74, 6) is 0.382. The van der Waals surface area contributed by atoms with Crippen LogP contribution in [0.4, 0.5) is 4.79 Å². The molecule has 0 aliphatic carbocycles. The highest BCUT2D eigenvalue weighted by Gasteiger charge is 2.32. The van der Waals surface area contributed by atoms with Crippen LogP contribution < -0.4 is 5.32 Å². The maximum atomic E-state index is 13.0. The second-order valence-electron chi connectivity index (χ2n) is 8.52. The van der Waals surface area contributed by atoms with Crippen LogP contribution in [0.3, 0.4) is 0 Å². The van der Waals surface area contributed by atoms with Gasteiger partial charge in [0.15, 0.2) is 0 Å². The van der Waals surface area contributed by atoms with Crippen molar-refractivity contribution in [2.45, 2.75) is 65.0 Å². The fraction of sp³-hybridized carbons (Fsp3) is 0.619. The maximum absolute atomic E-state index is 13.0. The van der Waals surface area contributed by atoms with Gasteiger partial charge in [0.25, 0.3) is 0 Å². The van der Waals surface area contributed by atoms with Crippen LogP contribution >= 0.6 is 11.6 Å². The van der Waals surface area contributed by atoms with E-state index >= 15 is 0 Å². The molecule has 27 heavy (non-hydrogen) atoms. The Kier molecular flexibility index (Phi) is 7.15. The van der Waals surface area contributed by atoms with Crippen LogP contribution in [0.2, 0.25) is 5.02 Å². The van der Waals surface area contributed by atoms with E-state index in [1.165, 1.54) is 5.56 Å². The SMILES string of the molecule is CC(C)[C@@H](NC(=O)OC(C)(C)C)C(=O)N1CCC(c2ccc(Cl)cc2)CC1. The minimum Gasteiger partial charge on any atom is -0.444 e. The molecule has 0 spiro atoms. The van der Waals surface area contributed by atoms with Gasteiger partial charge in [-0.3, -0.25) is 4.79 Å². The number of nitrogens with one attached hydrogen (secondary N) is 1. The minimum atomic E-state index is -0.592. The number of halogens is 1. The Balaban J connectivity index is 1.95. The zero-order valence-electron chi connectivity index (χ0n) is 16.9. The highest BCUT2D eigenvalue weighted by Crippen LogP contribution is 2.29. The van der Waals surface area contributed by atoms with Crippen molar-refractivity contribution in [2.24, 2.45) is 5.92 Å². The monoisotopic (exact) mass is 394 g/mol. The Labute approximate surface area is 167 Å². The van der Waals surface area contributed by atoms with Crippen molar-refractivity contribution < 1.29 is 14.3 Å². The van der Waals surface area contributed by atoms with E-state index in [-0.39, 0.29) is 11.8 Å². The number of amides is 2. The summed E-state index contributed by atoms with van der Waals surface area (Å²) in [6.07, 6.45) is 1.26. The van der Waals surface area contributed by atoms with Crippen LogP contribution in [0, 0.1) is 5.92 Å². The molecule has 0 aromatic heterocycles. The van der Waals surface area contributed by atoms with Gasteiger partial charge >= 0.3 is 6.09 Å². The summed E-state index contributed by atoms with van der Waals surface area (Å²) < 4.78 is 5.31. The lowest BCUT2D eigenvalue weighted by molar-refractivity contribution is -0.135. The first kappa shape index (κ1) is 21.5. The van der Waals surface area contributed by atoms with Crippen LogP contribution in [-0.4, -0.2) is 41.6 Å². The average Bonchev–Trinajstić information content (AvgIpc) is 2.58. The minimum absolute atomic E-state index is 0.0148. The molecular formula is C21H31ClN2O3. The highest BCUT2D eigenvalue weighted by atomic mass is 35.5. The first-order valence-electron chi connectivity index (χ1n) is 9.60. The van der Waals surface area contributed by atoms with Crippen molar-refractivity contribution in [3.63, 3.8) is 0 Å². The summed E-state index contributed by atoms with van der Waals surface area (Å²) in [5.41, 5.74) is 0.671. The quantitative estimate of drug-likeness (QED) is 0.812.